The highest BCUT2D eigenvalue weighted by atomic mass is 32.1. The van der Waals surface area contributed by atoms with E-state index in [9.17, 15) is 9.59 Å². The molecule has 2 heterocycles. The van der Waals surface area contributed by atoms with Crippen LogP contribution >= 0.6 is 11.3 Å². The zero-order chi connectivity index (χ0) is 14.1. The molecule has 2 amide bonds. The van der Waals surface area contributed by atoms with Crippen molar-refractivity contribution in [2.24, 2.45) is 5.73 Å². The first-order chi connectivity index (χ1) is 9.66. The number of benzene rings is 1. The Morgan fingerprint density at radius 1 is 1.30 bits per heavy atom. The van der Waals surface area contributed by atoms with Crippen molar-refractivity contribution in [2.75, 3.05) is 11.4 Å². The molecule has 1 aliphatic heterocycles. The number of para-hydroxylation sites is 1. The summed E-state index contributed by atoms with van der Waals surface area (Å²) in [7, 11) is 0. The SMILES string of the molecule is NC(=O)CN1c2ccccc2C(=O)N[C@@H]1c1cccs1. The van der Waals surface area contributed by atoms with Gasteiger partial charge in [0.2, 0.25) is 5.91 Å². The van der Waals surface area contributed by atoms with Crippen LogP contribution in [0.3, 0.4) is 0 Å². The van der Waals surface area contributed by atoms with Crippen LogP contribution in [0.4, 0.5) is 5.69 Å². The Bertz CT molecular complexity index is 654. The van der Waals surface area contributed by atoms with Crippen LogP contribution in [-0.2, 0) is 4.79 Å². The third kappa shape index (κ3) is 2.14. The van der Waals surface area contributed by atoms with Gasteiger partial charge in [0.15, 0.2) is 0 Å². The van der Waals surface area contributed by atoms with Gasteiger partial charge >= 0.3 is 0 Å². The summed E-state index contributed by atoms with van der Waals surface area (Å²) < 4.78 is 0. The molecule has 0 fully saturated rings. The number of nitrogens with one attached hydrogen (secondary N) is 1. The number of amides is 2. The fraction of sp³-hybridized carbons (Fsp3) is 0.143. The minimum atomic E-state index is -0.433. The molecule has 5 nitrogen and oxygen atoms in total. The van der Waals surface area contributed by atoms with Gasteiger partial charge in [0.25, 0.3) is 5.91 Å². The van der Waals surface area contributed by atoms with Crippen molar-refractivity contribution < 1.29 is 9.59 Å². The number of anilines is 1. The van der Waals surface area contributed by atoms with E-state index in [-0.39, 0.29) is 18.6 Å². The fourth-order valence-corrected chi connectivity index (χ4v) is 3.14. The highest BCUT2D eigenvalue weighted by Gasteiger charge is 2.32. The zero-order valence-corrected chi connectivity index (χ0v) is 11.4. The predicted molar refractivity (Wildman–Crippen MR) is 77.5 cm³/mol. The van der Waals surface area contributed by atoms with Crippen LogP contribution in [0.2, 0.25) is 0 Å². The normalized spacial score (nSPS) is 17.5. The molecule has 1 aliphatic rings. The highest BCUT2D eigenvalue weighted by Crippen LogP contribution is 2.34. The molecular weight excluding hydrogens is 274 g/mol. The second-order valence-corrected chi connectivity index (χ2v) is 5.48. The Balaban J connectivity index is 2.08. The molecule has 0 radical (unpaired) electrons. The number of carbonyl (C=O) groups excluding carboxylic acids is 2. The third-order valence-corrected chi connectivity index (χ3v) is 4.10. The van der Waals surface area contributed by atoms with Crippen molar-refractivity contribution in [3.8, 4) is 0 Å². The lowest BCUT2D eigenvalue weighted by atomic mass is 10.1. The summed E-state index contributed by atoms with van der Waals surface area (Å²) in [6.07, 6.45) is -0.357. The molecule has 1 aromatic heterocycles. The number of primary amides is 1. The lowest BCUT2D eigenvalue weighted by Gasteiger charge is -2.37. The number of nitrogens with two attached hydrogens (primary N) is 1. The Hall–Kier alpha value is -2.34. The van der Waals surface area contributed by atoms with Crippen molar-refractivity contribution >= 4 is 28.8 Å². The third-order valence-electron chi connectivity index (χ3n) is 3.18. The summed E-state index contributed by atoms with van der Waals surface area (Å²) in [4.78, 5) is 26.3. The van der Waals surface area contributed by atoms with E-state index in [0.29, 0.717) is 5.56 Å². The number of thiophene rings is 1. The molecule has 0 unspecified atom stereocenters. The van der Waals surface area contributed by atoms with Gasteiger partial charge < -0.3 is 16.0 Å². The number of fused-ring (bicyclic) bond motifs is 1. The van der Waals surface area contributed by atoms with Crippen LogP contribution in [-0.4, -0.2) is 18.4 Å². The number of nitrogens with zero attached hydrogens (tertiary/aromatic N) is 1. The summed E-state index contributed by atoms with van der Waals surface area (Å²) in [6.45, 7) is 0.0554. The maximum Gasteiger partial charge on any atom is 0.255 e. The van der Waals surface area contributed by atoms with Gasteiger partial charge in [-0.25, -0.2) is 0 Å². The first-order valence-corrected chi connectivity index (χ1v) is 7.03. The Morgan fingerprint density at radius 3 is 2.80 bits per heavy atom. The second kappa shape index (κ2) is 4.97. The molecule has 3 N–H and O–H groups in total. The Kier molecular flexibility index (Phi) is 3.15. The number of rotatable bonds is 3. The van der Waals surface area contributed by atoms with E-state index in [0.717, 1.165) is 10.6 Å². The van der Waals surface area contributed by atoms with Gasteiger partial charge in [0, 0.05) is 4.88 Å². The lowest BCUT2D eigenvalue weighted by molar-refractivity contribution is -0.116. The molecule has 0 spiro atoms. The predicted octanol–water partition coefficient (Wildman–Crippen LogP) is 1.48. The topological polar surface area (TPSA) is 75.4 Å². The van der Waals surface area contributed by atoms with Gasteiger partial charge in [-0.1, -0.05) is 18.2 Å². The minimum Gasteiger partial charge on any atom is -0.368 e. The van der Waals surface area contributed by atoms with Gasteiger partial charge in [-0.3, -0.25) is 9.59 Å². The van der Waals surface area contributed by atoms with Crippen LogP contribution in [0.5, 0.6) is 0 Å². The molecule has 0 bridgehead atoms. The molecule has 0 saturated heterocycles. The van der Waals surface area contributed by atoms with E-state index in [4.69, 9.17) is 5.73 Å². The first kappa shape index (κ1) is 12.7. The molecule has 1 atom stereocenters. The maximum absolute atomic E-state index is 12.2. The monoisotopic (exact) mass is 287 g/mol. The smallest absolute Gasteiger partial charge is 0.255 e. The van der Waals surface area contributed by atoms with Crippen molar-refractivity contribution in [1.82, 2.24) is 5.32 Å². The molecule has 2 aromatic rings. The van der Waals surface area contributed by atoms with E-state index >= 15 is 0 Å². The van der Waals surface area contributed by atoms with E-state index in [1.165, 1.54) is 11.3 Å². The van der Waals surface area contributed by atoms with Crippen LogP contribution in [0.25, 0.3) is 0 Å². The summed E-state index contributed by atoms with van der Waals surface area (Å²) in [5.41, 5.74) is 6.63. The largest absolute Gasteiger partial charge is 0.368 e. The van der Waals surface area contributed by atoms with Gasteiger partial charge in [-0.15, -0.1) is 11.3 Å². The summed E-state index contributed by atoms with van der Waals surface area (Å²) in [5.74, 6) is -0.572. The lowest BCUT2D eigenvalue weighted by Crippen LogP contribution is -2.49. The van der Waals surface area contributed by atoms with Crippen molar-refractivity contribution in [3.05, 3.63) is 52.2 Å². The number of carbonyl (C=O) groups is 2. The van der Waals surface area contributed by atoms with Gasteiger partial charge in [0.1, 0.15) is 6.17 Å². The Morgan fingerprint density at radius 2 is 2.10 bits per heavy atom. The molecule has 3 rings (SSSR count). The van der Waals surface area contributed by atoms with Crippen molar-refractivity contribution in [3.63, 3.8) is 0 Å². The molecule has 0 saturated carbocycles. The van der Waals surface area contributed by atoms with Gasteiger partial charge in [-0.2, -0.15) is 0 Å². The van der Waals surface area contributed by atoms with Crippen LogP contribution in [0.15, 0.2) is 41.8 Å². The van der Waals surface area contributed by atoms with Crippen molar-refractivity contribution in [1.29, 1.82) is 0 Å². The molecule has 6 heteroatoms. The van der Waals surface area contributed by atoms with Crippen LogP contribution < -0.4 is 16.0 Å². The van der Waals surface area contributed by atoms with E-state index in [2.05, 4.69) is 5.32 Å². The molecule has 1 aromatic carbocycles. The minimum absolute atomic E-state index is 0.0554. The van der Waals surface area contributed by atoms with E-state index < -0.39 is 5.91 Å². The quantitative estimate of drug-likeness (QED) is 0.898. The highest BCUT2D eigenvalue weighted by molar-refractivity contribution is 7.10. The van der Waals surface area contributed by atoms with Crippen molar-refractivity contribution in [2.45, 2.75) is 6.17 Å². The first-order valence-electron chi connectivity index (χ1n) is 6.15. The zero-order valence-electron chi connectivity index (χ0n) is 10.6. The summed E-state index contributed by atoms with van der Waals surface area (Å²) in [6, 6.07) is 11.1. The maximum atomic E-state index is 12.2. The molecular formula is C14H13N3O2S. The second-order valence-electron chi connectivity index (χ2n) is 4.50. The molecule has 102 valence electrons. The molecule has 0 aliphatic carbocycles. The van der Waals surface area contributed by atoms with Crippen LogP contribution in [0.1, 0.15) is 21.4 Å². The fourth-order valence-electron chi connectivity index (χ4n) is 2.35. The summed E-state index contributed by atoms with van der Waals surface area (Å²) in [5, 5.41) is 4.86. The average Bonchev–Trinajstić information content (AvgIpc) is 2.95. The van der Waals surface area contributed by atoms with Gasteiger partial charge in [-0.05, 0) is 23.6 Å². The molecule has 20 heavy (non-hydrogen) atoms. The average molecular weight is 287 g/mol. The van der Waals surface area contributed by atoms with E-state index in [1.807, 2.05) is 34.5 Å². The number of hydrogen-bond donors (Lipinski definition) is 2. The summed E-state index contributed by atoms with van der Waals surface area (Å²) >= 11 is 1.53. The Labute approximate surface area is 120 Å². The number of hydrogen-bond acceptors (Lipinski definition) is 4. The van der Waals surface area contributed by atoms with E-state index in [1.54, 1.807) is 12.1 Å². The van der Waals surface area contributed by atoms with Gasteiger partial charge in [0.05, 0.1) is 17.8 Å². The van der Waals surface area contributed by atoms with Crippen LogP contribution in [0, 0.1) is 0 Å². The standard InChI is InChI=1S/C14H13N3O2S/c15-12(18)8-17-10-5-2-1-4-9(10)14(19)16-13(17)11-6-3-7-20-11/h1-7,13H,8H2,(H2,15,18)(H,16,19)/t13-/m0/s1.